The van der Waals surface area contributed by atoms with Crippen LogP contribution in [0.15, 0.2) is 59.6 Å². The van der Waals surface area contributed by atoms with Gasteiger partial charge >= 0.3 is 5.97 Å². The average molecular weight is 798 g/mol. The summed E-state index contributed by atoms with van der Waals surface area (Å²) in [5, 5.41) is 42.3. The van der Waals surface area contributed by atoms with Gasteiger partial charge in [0.2, 0.25) is 29.5 Å². The van der Waals surface area contributed by atoms with Gasteiger partial charge in [0.05, 0.1) is 12.6 Å². The number of hydrogen-bond donors (Lipinski definition) is 11. The maximum atomic E-state index is 14.2. The highest BCUT2D eigenvalue weighted by molar-refractivity contribution is 5.96. The Morgan fingerprint density at radius 2 is 1.09 bits per heavy atom. The molecule has 2 aromatic rings. The third kappa shape index (κ3) is 17.7. The van der Waals surface area contributed by atoms with Crippen LogP contribution in [0, 0.1) is 11.8 Å². The molecule has 314 valence electrons. The van der Waals surface area contributed by atoms with Gasteiger partial charge in [0.1, 0.15) is 36.0 Å². The van der Waals surface area contributed by atoms with Crippen LogP contribution in [0.2, 0.25) is 0 Å². The van der Waals surface area contributed by atoms with Gasteiger partial charge in [0.15, 0.2) is 5.96 Å². The Morgan fingerprint density at radius 3 is 1.58 bits per heavy atom. The van der Waals surface area contributed by atoms with Crippen LogP contribution in [-0.4, -0.2) is 106 Å². The Hall–Kier alpha value is -5.75. The average Bonchev–Trinajstić information content (AvgIpc) is 3.14. The number of carboxylic acids is 1. The third-order valence-electron chi connectivity index (χ3n) is 8.70. The molecule has 0 aliphatic carbocycles. The first-order chi connectivity index (χ1) is 26.9. The molecule has 18 heteroatoms. The molecule has 2 aromatic carbocycles. The summed E-state index contributed by atoms with van der Waals surface area (Å²) in [6.45, 7) is 6.60. The van der Waals surface area contributed by atoms with Crippen LogP contribution in [0.5, 0.6) is 5.75 Å². The Kier molecular flexibility index (Phi) is 20.0. The molecule has 0 unspecified atom stereocenters. The molecule has 0 aliphatic heterocycles. The maximum absolute atomic E-state index is 14.2. The molecular formula is C39H59N9O9. The number of aliphatic hydroxyl groups is 1. The van der Waals surface area contributed by atoms with Crippen molar-refractivity contribution >= 4 is 41.5 Å². The van der Waals surface area contributed by atoms with Crippen LogP contribution in [-0.2, 0) is 41.6 Å². The van der Waals surface area contributed by atoms with Crippen LogP contribution in [0.4, 0.5) is 0 Å². The first-order valence-electron chi connectivity index (χ1n) is 18.9. The number of hydrogen-bond acceptors (Lipinski definition) is 10. The fraction of sp³-hybridized carbons (Fsp3) is 0.513. The fourth-order valence-electron chi connectivity index (χ4n) is 5.78. The van der Waals surface area contributed by atoms with Crippen LogP contribution in [0.3, 0.4) is 0 Å². The highest BCUT2D eigenvalue weighted by Gasteiger charge is 2.33. The Balaban J connectivity index is 2.44. The lowest BCUT2D eigenvalue weighted by Gasteiger charge is -2.27. The summed E-state index contributed by atoms with van der Waals surface area (Å²) in [6.07, 6.45) is 0.609. The lowest BCUT2D eigenvalue weighted by molar-refractivity contribution is -0.143. The number of phenolic OH excluding ortho intramolecular Hbond substituents is 1. The van der Waals surface area contributed by atoms with E-state index in [4.69, 9.17) is 17.2 Å². The number of aromatic hydroxyl groups is 1. The SMILES string of the molecule is CC(C)C[C@H](NC(=O)[C@H](CO)NC(=O)[C@H](Cc1ccc(O)cc1)NC(=O)[C@H](Cc1ccccc1)NC(=O)[C@H](CCCN=C(N)N)NC(=O)[C@@H](N)CC(C)C)C(=O)O. The molecule has 2 rings (SSSR count). The quantitative estimate of drug-likeness (QED) is 0.0352. The van der Waals surface area contributed by atoms with Gasteiger partial charge in [0, 0.05) is 19.4 Å². The predicted octanol–water partition coefficient (Wildman–Crippen LogP) is -0.849. The zero-order chi connectivity index (χ0) is 42.7. The number of aliphatic carboxylic acids is 1. The summed E-state index contributed by atoms with van der Waals surface area (Å²) < 4.78 is 0. The minimum absolute atomic E-state index is 0.0401. The lowest BCUT2D eigenvalue weighted by Crippen LogP contribution is -2.60. The van der Waals surface area contributed by atoms with Gasteiger partial charge in [-0.1, -0.05) is 70.2 Å². The Morgan fingerprint density at radius 1 is 0.632 bits per heavy atom. The van der Waals surface area contributed by atoms with Crippen molar-refractivity contribution in [3.8, 4) is 5.75 Å². The number of aliphatic hydroxyl groups excluding tert-OH is 1. The van der Waals surface area contributed by atoms with Crippen molar-refractivity contribution in [1.29, 1.82) is 0 Å². The number of guanidine groups is 1. The minimum atomic E-state index is -1.59. The summed E-state index contributed by atoms with van der Waals surface area (Å²) >= 11 is 0. The standard InChI is InChI=1S/C39H59N9O9/c1-22(2)17-27(40)33(51)44-28(11-8-16-43-39(41)42)34(52)45-29(19-24-9-6-5-7-10-24)35(53)46-30(20-25-12-14-26(50)15-13-25)36(54)48-32(21-49)37(55)47-31(38(56)57)18-23(3)4/h5-7,9-10,12-15,22-23,27-32,49-50H,8,11,16-21,40H2,1-4H3,(H,44,51)(H,45,52)(H,46,53)(H,47,55)(H,48,54)(H,56,57)(H4,41,42,43)/t27-,28-,29-,30-,31-,32-/m0/s1. The van der Waals surface area contributed by atoms with Crippen molar-refractivity contribution in [2.75, 3.05) is 13.2 Å². The summed E-state index contributed by atoms with van der Waals surface area (Å²) in [7, 11) is 0. The first-order valence-corrected chi connectivity index (χ1v) is 18.9. The molecule has 6 atom stereocenters. The molecule has 0 saturated carbocycles. The first kappa shape index (κ1) is 47.4. The second-order valence-electron chi connectivity index (χ2n) is 14.7. The van der Waals surface area contributed by atoms with E-state index in [0.717, 1.165) is 0 Å². The van der Waals surface area contributed by atoms with Gasteiger partial charge in [-0.05, 0) is 60.8 Å². The van der Waals surface area contributed by atoms with E-state index < -0.39 is 78.4 Å². The highest BCUT2D eigenvalue weighted by atomic mass is 16.4. The monoisotopic (exact) mass is 797 g/mol. The normalized spacial score (nSPS) is 14.2. The molecule has 0 saturated heterocycles. The molecular weight excluding hydrogens is 738 g/mol. The van der Waals surface area contributed by atoms with E-state index in [2.05, 4.69) is 31.6 Å². The van der Waals surface area contributed by atoms with E-state index in [1.54, 1.807) is 44.2 Å². The van der Waals surface area contributed by atoms with E-state index >= 15 is 0 Å². The van der Waals surface area contributed by atoms with Gasteiger partial charge in [-0.15, -0.1) is 0 Å². The number of nitrogens with two attached hydrogens (primary N) is 3. The van der Waals surface area contributed by atoms with Gasteiger partial charge in [-0.25, -0.2) is 4.79 Å². The van der Waals surface area contributed by atoms with Crippen molar-refractivity contribution < 1.29 is 44.1 Å². The molecule has 0 aromatic heterocycles. The molecule has 14 N–H and O–H groups in total. The number of carboxylic acid groups (broad SMARTS) is 1. The number of carbonyl (C=O) groups excluding carboxylic acids is 5. The summed E-state index contributed by atoms with van der Waals surface area (Å²) in [5.74, 6) is -5.44. The van der Waals surface area contributed by atoms with Crippen molar-refractivity contribution in [1.82, 2.24) is 26.6 Å². The molecule has 18 nitrogen and oxygen atoms in total. The second kappa shape index (κ2) is 24.0. The Labute approximate surface area is 332 Å². The second-order valence-corrected chi connectivity index (χ2v) is 14.7. The molecule has 5 amide bonds. The number of rotatable bonds is 24. The van der Waals surface area contributed by atoms with E-state index in [9.17, 15) is 44.1 Å². The maximum Gasteiger partial charge on any atom is 0.326 e. The van der Waals surface area contributed by atoms with Crippen molar-refractivity contribution in [2.45, 2.75) is 102 Å². The number of phenols is 1. The van der Waals surface area contributed by atoms with E-state index in [1.807, 2.05) is 13.8 Å². The van der Waals surface area contributed by atoms with Crippen molar-refractivity contribution in [3.63, 3.8) is 0 Å². The summed E-state index contributed by atoms with van der Waals surface area (Å²) in [6, 6.07) is 6.88. The molecule has 0 fully saturated rings. The summed E-state index contributed by atoms with van der Waals surface area (Å²) in [4.78, 5) is 83.8. The third-order valence-corrected chi connectivity index (χ3v) is 8.70. The molecule has 0 spiro atoms. The predicted molar refractivity (Wildman–Crippen MR) is 213 cm³/mol. The van der Waals surface area contributed by atoms with Gasteiger partial charge in [-0.3, -0.25) is 29.0 Å². The number of amides is 5. The number of nitrogens with zero attached hydrogens (tertiary/aromatic N) is 1. The molecule has 0 radical (unpaired) electrons. The van der Waals surface area contributed by atoms with Gasteiger partial charge in [0.25, 0.3) is 0 Å². The van der Waals surface area contributed by atoms with Crippen molar-refractivity contribution in [2.24, 2.45) is 34.0 Å². The zero-order valence-electron chi connectivity index (χ0n) is 32.9. The number of carbonyl (C=O) groups is 6. The lowest BCUT2D eigenvalue weighted by atomic mass is 10.0. The number of aliphatic imine (C=N–C) groups is 1. The number of benzene rings is 2. The fourth-order valence-corrected chi connectivity index (χ4v) is 5.78. The van der Waals surface area contributed by atoms with Crippen LogP contribution in [0.25, 0.3) is 0 Å². The van der Waals surface area contributed by atoms with Crippen LogP contribution in [0.1, 0.15) is 64.5 Å². The largest absolute Gasteiger partial charge is 0.508 e. The van der Waals surface area contributed by atoms with E-state index in [-0.39, 0.29) is 62.2 Å². The van der Waals surface area contributed by atoms with E-state index in [1.165, 1.54) is 24.3 Å². The topological polar surface area (TPSA) is 314 Å². The van der Waals surface area contributed by atoms with Gasteiger partial charge in [-0.2, -0.15) is 0 Å². The molecule has 0 heterocycles. The van der Waals surface area contributed by atoms with Gasteiger partial charge < -0.3 is 59.1 Å². The molecule has 57 heavy (non-hydrogen) atoms. The van der Waals surface area contributed by atoms with Crippen molar-refractivity contribution in [3.05, 3.63) is 65.7 Å². The summed E-state index contributed by atoms with van der Waals surface area (Å²) in [5.41, 5.74) is 18.1. The highest BCUT2D eigenvalue weighted by Crippen LogP contribution is 2.13. The number of nitrogens with one attached hydrogen (secondary N) is 5. The minimum Gasteiger partial charge on any atom is -0.508 e. The zero-order valence-corrected chi connectivity index (χ0v) is 32.9. The molecule has 0 bridgehead atoms. The Bertz CT molecular complexity index is 1650. The van der Waals surface area contributed by atoms with Crippen LogP contribution < -0.4 is 43.8 Å². The molecule has 0 aliphatic rings. The van der Waals surface area contributed by atoms with E-state index in [0.29, 0.717) is 17.5 Å². The smallest absolute Gasteiger partial charge is 0.326 e. The van der Waals surface area contributed by atoms with Crippen LogP contribution >= 0.6 is 0 Å².